The highest BCUT2D eigenvalue weighted by Crippen LogP contribution is 2.33. The van der Waals surface area contributed by atoms with Crippen LogP contribution in [0.3, 0.4) is 0 Å². The first-order valence-electron chi connectivity index (χ1n) is 8.28. The fraction of sp³-hybridized carbons (Fsp3) is 0.100. The third-order valence-electron chi connectivity index (χ3n) is 3.74. The topological polar surface area (TPSA) is 68.0 Å². The van der Waals surface area contributed by atoms with Crippen LogP contribution in [-0.2, 0) is 12.7 Å². The Balaban J connectivity index is 1.82. The number of halogens is 3. The first kappa shape index (κ1) is 19.9. The average Bonchev–Trinajstić information content (AvgIpc) is 2.68. The van der Waals surface area contributed by atoms with Gasteiger partial charge in [0, 0.05) is 22.7 Å². The lowest BCUT2D eigenvalue weighted by Crippen LogP contribution is -2.11. The van der Waals surface area contributed by atoms with E-state index in [1.807, 2.05) is 6.07 Å². The fourth-order valence-corrected chi connectivity index (χ4v) is 3.35. The van der Waals surface area contributed by atoms with Crippen LogP contribution in [-0.4, -0.2) is 10.9 Å². The summed E-state index contributed by atoms with van der Waals surface area (Å²) in [6, 6.07) is 18.0. The van der Waals surface area contributed by atoms with E-state index in [1.54, 1.807) is 48.5 Å². The average molecular weight is 403 g/mol. The monoisotopic (exact) mass is 403 g/mol. The molecule has 4 nitrogen and oxygen atoms in total. The summed E-state index contributed by atoms with van der Waals surface area (Å²) in [7, 11) is 0. The number of nitrogens with one attached hydrogen (secondary N) is 1. The van der Waals surface area contributed by atoms with Gasteiger partial charge >= 0.3 is 6.18 Å². The second-order valence-electron chi connectivity index (χ2n) is 5.85. The van der Waals surface area contributed by atoms with Gasteiger partial charge < -0.3 is 11.1 Å². The predicted molar refractivity (Wildman–Crippen MR) is 102 cm³/mol. The molecule has 0 atom stereocenters. The molecule has 0 unspecified atom stereocenters. The van der Waals surface area contributed by atoms with Crippen molar-refractivity contribution in [2.45, 2.75) is 22.6 Å². The van der Waals surface area contributed by atoms with E-state index >= 15 is 0 Å². The van der Waals surface area contributed by atoms with E-state index in [4.69, 9.17) is 5.73 Å². The van der Waals surface area contributed by atoms with Crippen LogP contribution < -0.4 is 11.1 Å². The quantitative estimate of drug-likeness (QED) is 0.632. The Hall–Kier alpha value is -2.84. The van der Waals surface area contributed by atoms with Gasteiger partial charge in [-0.2, -0.15) is 13.2 Å². The van der Waals surface area contributed by atoms with E-state index in [0.29, 0.717) is 21.7 Å². The first-order chi connectivity index (χ1) is 13.3. The largest absolute Gasteiger partial charge is 0.433 e. The summed E-state index contributed by atoms with van der Waals surface area (Å²) >= 11 is 1.04. The SMILES string of the molecule is NCc1cc(Sc2cccc(C(=O)Nc3ccccc3)c2)nc(C(F)(F)F)c1. The highest BCUT2D eigenvalue weighted by Gasteiger charge is 2.33. The van der Waals surface area contributed by atoms with Gasteiger partial charge in [0.2, 0.25) is 0 Å². The zero-order valence-electron chi connectivity index (χ0n) is 14.5. The molecule has 0 saturated carbocycles. The Bertz CT molecular complexity index is 978. The van der Waals surface area contributed by atoms with Crippen LogP contribution in [0.25, 0.3) is 0 Å². The van der Waals surface area contributed by atoms with Crippen LogP contribution in [0.15, 0.2) is 76.7 Å². The molecule has 0 radical (unpaired) electrons. The summed E-state index contributed by atoms with van der Waals surface area (Å²) in [6.45, 7) is -0.0291. The van der Waals surface area contributed by atoms with Gasteiger partial charge in [-0.05, 0) is 48.0 Å². The van der Waals surface area contributed by atoms with Crippen LogP contribution in [0.4, 0.5) is 18.9 Å². The number of hydrogen-bond acceptors (Lipinski definition) is 4. The van der Waals surface area contributed by atoms with Crippen molar-refractivity contribution >= 4 is 23.4 Å². The zero-order valence-corrected chi connectivity index (χ0v) is 15.3. The van der Waals surface area contributed by atoms with Crippen LogP contribution >= 0.6 is 11.8 Å². The molecule has 2 aromatic carbocycles. The minimum absolute atomic E-state index is 0.0291. The molecule has 1 heterocycles. The second kappa shape index (κ2) is 8.45. The number of anilines is 1. The number of amides is 1. The lowest BCUT2D eigenvalue weighted by Gasteiger charge is -2.11. The molecule has 0 aliphatic heterocycles. The molecular formula is C20H16F3N3OS. The number of alkyl halides is 3. The molecule has 3 aromatic rings. The van der Waals surface area contributed by atoms with E-state index in [2.05, 4.69) is 10.3 Å². The standard InChI is InChI=1S/C20H16F3N3OS/c21-20(22,23)17-9-13(12-24)10-18(26-17)28-16-8-4-5-14(11-16)19(27)25-15-6-2-1-3-7-15/h1-11H,12,24H2,(H,25,27). The third kappa shape index (κ3) is 5.11. The molecule has 1 amide bonds. The van der Waals surface area contributed by atoms with Crippen LogP contribution in [0.1, 0.15) is 21.6 Å². The van der Waals surface area contributed by atoms with Crippen molar-refractivity contribution in [3.63, 3.8) is 0 Å². The highest BCUT2D eigenvalue weighted by molar-refractivity contribution is 7.99. The van der Waals surface area contributed by atoms with E-state index in [-0.39, 0.29) is 17.5 Å². The van der Waals surface area contributed by atoms with E-state index in [9.17, 15) is 18.0 Å². The minimum Gasteiger partial charge on any atom is -0.326 e. The van der Waals surface area contributed by atoms with Gasteiger partial charge in [0.1, 0.15) is 10.7 Å². The van der Waals surface area contributed by atoms with Crippen molar-refractivity contribution in [1.82, 2.24) is 4.98 Å². The van der Waals surface area contributed by atoms with Gasteiger partial charge in [0.05, 0.1) is 0 Å². The number of rotatable bonds is 5. The Labute approximate surface area is 164 Å². The number of nitrogens with zero attached hydrogens (tertiary/aromatic N) is 1. The number of aromatic nitrogens is 1. The number of para-hydroxylation sites is 1. The van der Waals surface area contributed by atoms with E-state index < -0.39 is 11.9 Å². The molecule has 144 valence electrons. The number of hydrogen-bond donors (Lipinski definition) is 2. The molecule has 8 heteroatoms. The number of pyridine rings is 1. The highest BCUT2D eigenvalue weighted by atomic mass is 32.2. The van der Waals surface area contributed by atoms with Crippen molar-refractivity contribution in [1.29, 1.82) is 0 Å². The molecule has 0 saturated heterocycles. The van der Waals surface area contributed by atoms with Crippen molar-refractivity contribution < 1.29 is 18.0 Å². The molecule has 28 heavy (non-hydrogen) atoms. The first-order valence-corrected chi connectivity index (χ1v) is 9.09. The van der Waals surface area contributed by atoms with Crippen molar-refractivity contribution in [3.8, 4) is 0 Å². The molecule has 0 spiro atoms. The molecule has 0 aliphatic rings. The van der Waals surface area contributed by atoms with Crippen LogP contribution in [0.5, 0.6) is 0 Å². The molecule has 0 bridgehead atoms. The Kier molecular flexibility index (Phi) is 6.01. The maximum absolute atomic E-state index is 13.0. The van der Waals surface area contributed by atoms with Gasteiger partial charge in [-0.3, -0.25) is 4.79 Å². The summed E-state index contributed by atoms with van der Waals surface area (Å²) < 4.78 is 39.1. The van der Waals surface area contributed by atoms with Gasteiger partial charge in [0.15, 0.2) is 0 Å². The molecule has 1 aromatic heterocycles. The Morgan fingerprint density at radius 3 is 2.46 bits per heavy atom. The van der Waals surface area contributed by atoms with Crippen molar-refractivity contribution in [2.24, 2.45) is 5.73 Å². The lowest BCUT2D eigenvalue weighted by atomic mass is 10.2. The summed E-state index contributed by atoms with van der Waals surface area (Å²) in [5, 5.41) is 2.93. The fourth-order valence-electron chi connectivity index (χ4n) is 2.42. The Morgan fingerprint density at radius 1 is 1.04 bits per heavy atom. The summed E-state index contributed by atoms with van der Waals surface area (Å²) in [4.78, 5) is 16.7. The van der Waals surface area contributed by atoms with Gasteiger partial charge in [0.25, 0.3) is 5.91 Å². The molecule has 0 fully saturated rings. The predicted octanol–water partition coefficient (Wildman–Crippen LogP) is 4.96. The molecular weight excluding hydrogens is 387 g/mol. The normalized spacial score (nSPS) is 11.3. The summed E-state index contributed by atoms with van der Waals surface area (Å²) in [5.41, 5.74) is 5.89. The Morgan fingerprint density at radius 2 is 1.79 bits per heavy atom. The lowest BCUT2D eigenvalue weighted by molar-refractivity contribution is -0.141. The second-order valence-corrected chi connectivity index (χ2v) is 6.94. The number of carbonyl (C=O) groups is 1. The third-order valence-corrected chi connectivity index (χ3v) is 4.65. The van der Waals surface area contributed by atoms with E-state index in [0.717, 1.165) is 17.8 Å². The van der Waals surface area contributed by atoms with Crippen molar-refractivity contribution in [3.05, 3.63) is 83.6 Å². The maximum Gasteiger partial charge on any atom is 0.433 e. The molecule has 3 N–H and O–H groups in total. The smallest absolute Gasteiger partial charge is 0.326 e. The summed E-state index contributed by atoms with van der Waals surface area (Å²) in [5.74, 6) is -0.312. The van der Waals surface area contributed by atoms with E-state index in [1.165, 1.54) is 6.07 Å². The number of nitrogens with two attached hydrogens (primary N) is 1. The van der Waals surface area contributed by atoms with Gasteiger partial charge in [-0.1, -0.05) is 36.0 Å². The zero-order chi connectivity index (χ0) is 20.1. The summed E-state index contributed by atoms with van der Waals surface area (Å²) in [6.07, 6.45) is -4.56. The number of carbonyl (C=O) groups excluding carboxylic acids is 1. The van der Waals surface area contributed by atoms with Crippen LogP contribution in [0, 0.1) is 0 Å². The molecule has 3 rings (SSSR count). The maximum atomic E-state index is 13.0. The molecule has 0 aliphatic carbocycles. The van der Waals surface area contributed by atoms with Crippen molar-refractivity contribution in [2.75, 3.05) is 5.32 Å². The van der Waals surface area contributed by atoms with Gasteiger partial charge in [-0.25, -0.2) is 4.98 Å². The number of benzene rings is 2. The van der Waals surface area contributed by atoms with Gasteiger partial charge in [-0.15, -0.1) is 0 Å². The minimum atomic E-state index is -4.56. The van der Waals surface area contributed by atoms with Crippen LogP contribution in [0.2, 0.25) is 0 Å².